The van der Waals surface area contributed by atoms with Crippen molar-refractivity contribution in [1.29, 1.82) is 0 Å². The third-order valence-electron chi connectivity index (χ3n) is 3.61. The third-order valence-corrected chi connectivity index (χ3v) is 3.61. The minimum atomic E-state index is -1.22. The highest BCUT2D eigenvalue weighted by Gasteiger charge is 2.25. The van der Waals surface area contributed by atoms with Gasteiger partial charge >= 0.3 is 11.8 Å². The Labute approximate surface area is 146 Å². The molecule has 3 N–H and O–H groups in total. The molecule has 2 aromatic rings. The van der Waals surface area contributed by atoms with Gasteiger partial charge < -0.3 is 25.1 Å². The number of carbonyl (C=O) groups is 2. The number of hydrogen-bond acceptors (Lipinski definition) is 5. The SMILES string of the molecule is CN(C)c1ccc(NC(=O)C(=O)NC[C@](C)(O)Cc2ccco2)cc1. The highest BCUT2D eigenvalue weighted by Crippen LogP contribution is 2.16. The average molecular weight is 345 g/mol. The van der Waals surface area contributed by atoms with Gasteiger partial charge in [-0.2, -0.15) is 0 Å². The molecule has 1 aromatic carbocycles. The van der Waals surface area contributed by atoms with Crippen LogP contribution in [0.3, 0.4) is 0 Å². The summed E-state index contributed by atoms with van der Waals surface area (Å²) in [5.74, 6) is -0.993. The summed E-state index contributed by atoms with van der Waals surface area (Å²) in [6, 6.07) is 10.6. The van der Waals surface area contributed by atoms with Crippen molar-refractivity contribution in [2.24, 2.45) is 0 Å². The van der Waals surface area contributed by atoms with Crippen molar-refractivity contribution in [3.63, 3.8) is 0 Å². The van der Waals surface area contributed by atoms with E-state index in [0.29, 0.717) is 11.4 Å². The molecule has 0 aliphatic carbocycles. The number of carbonyl (C=O) groups excluding carboxylic acids is 2. The zero-order valence-corrected chi connectivity index (χ0v) is 14.6. The van der Waals surface area contributed by atoms with Crippen molar-refractivity contribution in [2.75, 3.05) is 30.9 Å². The molecule has 2 rings (SSSR count). The van der Waals surface area contributed by atoms with Crippen LogP contribution in [0.2, 0.25) is 0 Å². The Morgan fingerprint density at radius 3 is 2.40 bits per heavy atom. The molecule has 0 aliphatic heterocycles. The second kappa shape index (κ2) is 7.85. The minimum Gasteiger partial charge on any atom is -0.469 e. The van der Waals surface area contributed by atoms with Gasteiger partial charge in [-0.15, -0.1) is 0 Å². The summed E-state index contributed by atoms with van der Waals surface area (Å²) in [6.45, 7) is 1.49. The van der Waals surface area contributed by atoms with Gasteiger partial charge in [0.05, 0.1) is 11.9 Å². The van der Waals surface area contributed by atoms with E-state index in [1.807, 2.05) is 31.1 Å². The predicted octanol–water partition coefficient (Wildman–Crippen LogP) is 1.39. The number of furan rings is 1. The maximum Gasteiger partial charge on any atom is 0.313 e. The molecule has 0 spiro atoms. The molecule has 0 saturated carbocycles. The van der Waals surface area contributed by atoms with Crippen LogP contribution in [0.5, 0.6) is 0 Å². The molecule has 7 nitrogen and oxygen atoms in total. The van der Waals surface area contributed by atoms with Crippen molar-refractivity contribution in [1.82, 2.24) is 5.32 Å². The number of amides is 2. The van der Waals surface area contributed by atoms with Crippen LogP contribution in [0.4, 0.5) is 11.4 Å². The molecule has 134 valence electrons. The second-order valence-corrected chi connectivity index (χ2v) is 6.33. The van der Waals surface area contributed by atoms with Gasteiger partial charge in [0.25, 0.3) is 0 Å². The van der Waals surface area contributed by atoms with Crippen LogP contribution in [-0.4, -0.2) is 43.2 Å². The van der Waals surface area contributed by atoms with Crippen molar-refractivity contribution in [3.8, 4) is 0 Å². The Hall–Kier alpha value is -2.80. The molecule has 0 unspecified atom stereocenters. The smallest absolute Gasteiger partial charge is 0.313 e. The lowest BCUT2D eigenvalue weighted by Crippen LogP contribution is -2.45. The lowest BCUT2D eigenvalue weighted by molar-refractivity contribution is -0.136. The van der Waals surface area contributed by atoms with E-state index in [1.165, 1.54) is 6.26 Å². The Bertz CT molecular complexity index is 706. The number of benzene rings is 1. The number of anilines is 2. The van der Waals surface area contributed by atoms with Gasteiger partial charge in [0.1, 0.15) is 5.76 Å². The fourth-order valence-electron chi connectivity index (χ4n) is 2.23. The highest BCUT2D eigenvalue weighted by molar-refractivity contribution is 6.39. The Morgan fingerprint density at radius 2 is 1.84 bits per heavy atom. The molecular formula is C18H23N3O4. The van der Waals surface area contributed by atoms with Crippen molar-refractivity contribution < 1.29 is 19.1 Å². The van der Waals surface area contributed by atoms with E-state index in [-0.39, 0.29) is 13.0 Å². The van der Waals surface area contributed by atoms with Gasteiger partial charge in [-0.1, -0.05) is 0 Å². The number of aliphatic hydroxyl groups is 1. The Balaban J connectivity index is 1.84. The first kappa shape index (κ1) is 18.5. The molecule has 25 heavy (non-hydrogen) atoms. The summed E-state index contributed by atoms with van der Waals surface area (Å²) in [5, 5.41) is 15.2. The molecule has 0 radical (unpaired) electrons. The quantitative estimate of drug-likeness (QED) is 0.688. The van der Waals surface area contributed by atoms with Gasteiger partial charge in [-0.25, -0.2) is 0 Å². The summed E-state index contributed by atoms with van der Waals surface area (Å²) in [7, 11) is 3.82. The van der Waals surface area contributed by atoms with Gasteiger partial charge in [-0.3, -0.25) is 9.59 Å². The van der Waals surface area contributed by atoms with E-state index >= 15 is 0 Å². The van der Waals surface area contributed by atoms with E-state index in [1.54, 1.807) is 31.2 Å². The molecule has 0 fully saturated rings. The normalized spacial score (nSPS) is 13.0. The van der Waals surface area contributed by atoms with E-state index in [2.05, 4.69) is 10.6 Å². The number of rotatable bonds is 6. The maximum absolute atomic E-state index is 11.9. The van der Waals surface area contributed by atoms with Gasteiger partial charge in [0, 0.05) is 38.4 Å². The van der Waals surface area contributed by atoms with Crippen LogP contribution in [-0.2, 0) is 16.0 Å². The summed E-state index contributed by atoms with van der Waals surface area (Å²) in [5.41, 5.74) is 0.283. The van der Waals surface area contributed by atoms with Crippen LogP contribution in [0, 0.1) is 0 Å². The largest absolute Gasteiger partial charge is 0.469 e. The first-order chi connectivity index (χ1) is 11.8. The fourth-order valence-corrected chi connectivity index (χ4v) is 2.23. The third kappa shape index (κ3) is 5.65. The highest BCUT2D eigenvalue weighted by atomic mass is 16.3. The summed E-state index contributed by atoms with van der Waals surface area (Å²) < 4.78 is 5.17. The molecule has 0 aliphatic rings. The van der Waals surface area contributed by atoms with E-state index in [0.717, 1.165) is 5.69 Å². The summed E-state index contributed by atoms with van der Waals surface area (Å²) >= 11 is 0. The molecule has 0 bridgehead atoms. The molecule has 0 saturated heterocycles. The van der Waals surface area contributed by atoms with Gasteiger partial charge in [0.15, 0.2) is 0 Å². The van der Waals surface area contributed by atoms with Crippen LogP contribution in [0.15, 0.2) is 47.1 Å². The fraction of sp³-hybridized carbons (Fsp3) is 0.333. The average Bonchev–Trinajstić information content (AvgIpc) is 3.05. The van der Waals surface area contributed by atoms with Crippen molar-refractivity contribution in [2.45, 2.75) is 18.9 Å². The summed E-state index contributed by atoms with van der Waals surface area (Å²) in [6.07, 6.45) is 1.74. The topological polar surface area (TPSA) is 94.8 Å². The Morgan fingerprint density at radius 1 is 1.16 bits per heavy atom. The maximum atomic E-state index is 11.9. The van der Waals surface area contributed by atoms with Crippen molar-refractivity contribution in [3.05, 3.63) is 48.4 Å². The molecule has 1 aromatic heterocycles. The Kier molecular flexibility index (Phi) is 5.82. The number of nitrogens with zero attached hydrogens (tertiary/aromatic N) is 1. The zero-order valence-electron chi connectivity index (χ0n) is 14.6. The summed E-state index contributed by atoms with van der Waals surface area (Å²) in [4.78, 5) is 25.8. The van der Waals surface area contributed by atoms with Crippen LogP contribution in [0.25, 0.3) is 0 Å². The van der Waals surface area contributed by atoms with E-state index < -0.39 is 17.4 Å². The van der Waals surface area contributed by atoms with Crippen LogP contribution < -0.4 is 15.5 Å². The van der Waals surface area contributed by atoms with Crippen LogP contribution in [0.1, 0.15) is 12.7 Å². The molecule has 1 heterocycles. The second-order valence-electron chi connectivity index (χ2n) is 6.33. The minimum absolute atomic E-state index is 0.0699. The zero-order chi connectivity index (χ0) is 18.4. The molecular weight excluding hydrogens is 322 g/mol. The standard InChI is InChI=1S/C18H23N3O4/c1-18(24,11-15-5-4-10-25-15)12-19-16(22)17(23)20-13-6-8-14(9-7-13)21(2)3/h4-10,24H,11-12H2,1-3H3,(H,19,22)(H,20,23)/t18-/m1/s1. The van der Waals surface area contributed by atoms with E-state index in [4.69, 9.17) is 4.42 Å². The first-order valence-electron chi connectivity index (χ1n) is 7.88. The number of nitrogens with one attached hydrogen (secondary N) is 2. The first-order valence-corrected chi connectivity index (χ1v) is 7.88. The lowest BCUT2D eigenvalue weighted by atomic mass is 10.0. The monoisotopic (exact) mass is 345 g/mol. The molecule has 2 amide bonds. The van der Waals surface area contributed by atoms with Crippen LogP contribution >= 0.6 is 0 Å². The van der Waals surface area contributed by atoms with E-state index in [9.17, 15) is 14.7 Å². The van der Waals surface area contributed by atoms with Gasteiger partial charge in [-0.05, 0) is 43.3 Å². The van der Waals surface area contributed by atoms with Crippen molar-refractivity contribution >= 4 is 23.2 Å². The lowest BCUT2D eigenvalue weighted by Gasteiger charge is -2.22. The number of hydrogen-bond donors (Lipinski definition) is 3. The molecule has 1 atom stereocenters. The predicted molar refractivity (Wildman–Crippen MR) is 95.4 cm³/mol. The van der Waals surface area contributed by atoms with Gasteiger partial charge in [0.2, 0.25) is 0 Å². The molecule has 7 heteroatoms.